The second-order valence-electron chi connectivity index (χ2n) is 13.1. The predicted octanol–water partition coefficient (Wildman–Crippen LogP) is 8.31. The van der Waals surface area contributed by atoms with Crippen LogP contribution >= 0.6 is 23.2 Å². The zero-order chi connectivity index (χ0) is 27.9. The summed E-state index contributed by atoms with van der Waals surface area (Å²) in [6.07, 6.45) is 4.73. The topological polar surface area (TPSA) is 42.3 Å². The minimum atomic E-state index is -0.370. The first kappa shape index (κ1) is 26.4. The summed E-state index contributed by atoms with van der Waals surface area (Å²) in [5.41, 5.74) is 6.53. The number of rotatable bonds is 3. The first-order valence-corrected chi connectivity index (χ1v) is 14.4. The fourth-order valence-electron chi connectivity index (χ4n) is 6.95. The molecule has 2 heterocycles. The van der Waals surface area contributed by atoms with Crippen molar-refractivity contribution in [3.8, 4) is 0 Å². The molecule has 0 bridgehead atoms. The number of aromatic nitrogens is 1. The quantitative estimate of drug-likeness (QED) is 0.323. The van der Waals surface area contributed by atoms with Crippen molar-refractivity contribution in [1.82, 2.24) is 9.47 Å². The Labute approximate surface area is 240 Å². The van der Waals surface area contributed by atoms with E-state index in [1.54, 1.807) is 6.07 Å². The lowest BCUT2D eigenvalue weighted by molar-refractivity contribution is -0.119. The number of hydrogen-bond donors (Lipinski definition) is 0. The van der Waals surface area contributed by atoms with Gasteiger partial charge in [-0.1, -0.05) is 75.2 Å². The van der Waals surface area contributed by atoms with Gasteiger partial charge in [-0.2, -0.15) is 0 Å². The normalized spacial score (nSPS) is 21.1. The second kappa shape index (κ2) is 9.11. The molecule has 2 aromatic carbocycles. The Morgan fingerprint density at radius 3 is 2.03 bits per heavy atom. The zero-order valence-electron chi connectivity index (χ0n) is 23.2. The molecule has 6 rings (SSSR count). The molecular weight excluding hydrogens is 527 g/mol. The Bertz CT molecular complexity index is 1570. The van der Waals surface area contributed by atoms with Crippen LogP contribution in [0.25, 0.3) is 10.9 Å². The van der Waals surface area contributed by atoms with E-state index in [2.05, 4.69) is 62.5 Å². The van der Waals surface area contributed by atoms with Crippen LogP contribution in [-0.2, 0) is 16.1 Å². The summed E-state index contributed by atoms with van der Waals surface area (Å²) in [6, 6.07) is 13.8. The van der Waals surface area contributed by atoms with Crippen molar-refractivity contribution in [2.24, 2.45) is 10.8 Å². The van der Waals surface area contributed by atoms with Gasteiger partial charge >= 0.3 is 0 Å². The Kier molecular flexibility index (Phi) is 6.17. The van der Waals surface area contributed by atoms with Crippen LogP contribution in [0.4, 0.5) is 0 Å². The summed E-state index contributed by atoms with van der Waals surface area (Å²) in [4.78, 5) is 30.1. The number of carbonyl (C=O) groups excluding carboxylic acids is 2. The number of allylic oxidation sites excluding steroid dienone is 4. The van der Waals surface area contributed by atoms with Gasteiger partial charge in [-0.25, -0.2) is 0 Å². The van der Waals surface area contributed by atoms with E-state index in [4.69, 9.17) is 23.2 Å². The van der Waals surface area contributed by atoms with Crippen molar-refractivity contribution < 1.29 is 9.59 Å². The van der Waals surface area contributed by atoms with Crippen LogP contribution < -0.4 is 0 Å². The molecule has 0 fully saturated rings. The van der Waals surface area contributed by atoms with Crippen LogP contribution in [0.3, 0.4) is 0 Å². The van der Waals surface area contributed by atoms with E-state index >= 15 is 0 Å². The molecule has 0 atom stereocenters. The summed E-state index contributed by atoms with van der Waals surface area (Å²) < 4.78 is 2.19. The third-order valence-electron chi connectivity index (χ3n) is 8.67. The van der Waals surface area contributed by atoms with E-state index in [1.807, 2.05) is 24.3 Å². The molecule has 3 aromatic rings. The SMILES string of the molecule is CN1C2=C(C(=O)CC(C)(C)C2)C(c2cn(Cc3ccc(Cl)cc3Cl)c3ccccc23)C2=C1CC(C)(C)CC2=O. The largest absolute Gasteiger partial charge is 0.351 e. The fraction of sp³-hybridized carbons (Fsp3) is 0.394. The highest BCUT2D eigenvalue weighted by molar-refractivity contribution is 6.35. The summed E-state index contributed by atoms with van der Waals surface area (Å²) in [5, 5.41) is 2.28. The number of nitrogens with zero attached hydrogens (tertiary/aromatic N) is 2. The fourth-order valence-corrected chi connectivity index (χ4v) is 7.41. The molecule has 0 saturated heterocycles. The highest BCUT2D eigenvalue weighted by Crippen LogP contribution is 2.54. The van der Waals surface area contributed by atoms with Gasteiger partial charge in [-0.15, -0.1) is 0 Å². The van der Waals surface area contributed by atoms with E-state index < -0.39 is 0 Å². The minimum Gasteiger partial charge on any atom is -0.351 e. The number of ketones is 2. The first-order valence-electron chi connectivity index (χ1n) is 13.6. The van der Waals surface area contributed by atoms with Crippen LogP contribution in [0.1, 0.15) is 70.4 Å². The second-order valence-corrected chi connectivity index (χ2v) is 13.9. The van der Waals surface area contributed by atoms with E-state index in [0.29, 0.717) is 29.4 Å². The summed E-state index contributed by atoms with van der Waals surface area (Å²) in [7, 11) is 2.05. The van der Waals surface area contributed by atoms with Gasteiger partial charge in [0.1, 0.15) is 0 Å². The number of benzene rings is 2. The smallest absolute Gasteiger partial charge is 0.162 e. The molecule has 0 amide bonds. The van der Waals surface area contributed by atoms with Gasteiger partial charge in [-0.05, 0) is 53.0 Å². The van der Waals surface area contributed by atoms with Crippen molar-refractivity contribution in [2.45, 2.75) is 65.8 Å². The van der Waals surface area contributed by atoms with Crippen molar-refractivity contribution in [3.05, 3.63) is 92.4 Å². The van der Waals surface area contributed by atoms with Crippen LogP contribution in [0.15, 0.2) is 71.2 Å². The lowest BCUT2D eigenvalue weighted by Crippen LogP contribution is -2.43. The number of carbonyl (C=O) groups is 2. The van der Waals surface area contributed by atoms with E-state index in [-0.39, 0.29) is 28.3 Å². The predicted molar refractivity (Wildman–Crippen MR) is 158 cm³/mol. The number of halogens is 2. The summed E-state index contributed by atoms with van der Waals surface area (Å²) >= 11 is 12.7. The molecule has 0 spiro atoms. The number of para-hydroxylation sites is 1. The van der Waals surface area contributed by atoms with Gasteiger partial charge in [0.05, 0.1) is 0 Å². The molecule has 39 heavy (non-hydrogen) atoms. The molecule has 1 aromatic heterocycles. The standard InChI is InChI=1S/C33H34Cl2N2O2/c1-32(2)13-25-30(27(38)15-32)29(31-26(36(25)5)14-33(3,4)16-28(31)39)22-18-37(24-9-7-6-8-21(22)24)17-19-10-11-20(34)12-23(19)35/h6-12,18,29H,13-17H2,1-5H3. The molecule has 0 unspecified atom stereocenters. The van der Waals surface area contributed by atoms with Crippen molar-refractivity contribution in [2.75, 3.05) is 7.05 Å². The van der Waals surface area contributed by atoms with E-state index in [1.165, 1.54) is 0 Å². The number of Topliss-reactive ketones (excluding diaryl/α,β-unsaturated/α-hetero) is 2. The van der Waals surface area contributed by atoms with Crippen LogP contribution in [0.2, 0.25) is 10.0 Å². The first-order chi connectivity index (χ1) is 18.3. The lowest BCUT2D eigenvalue weighted by Gasteiger charge is -2.47. The maximum atomic E-state index is 13.9. The Morgan fingerprint density at radius 2 is 1.44 bits per heavy atom. The molecular formula is C33H34Cl2N2O2. The third-order valence-corrected chi connectivity index (χ3v) is 9.25. The van der Waals surface area contributed by atoms with Crippen molar-refractivity contribution >= 4 is 45.7 Å². The number of hydrogen-bond acceptors (Lipinski definition) is 3. The summed E-state index contributed by atoms with van der Waals surface area (Å²) in [6.45, 7) is 9.22. The Balaban J connectivity index is 1.59. The lowest BCUT2D eigenvalue weighted by atomic mass is 9.64. The molecule has 6 heteroatoms. The van der Waals surface area contributed by atoms with Crippen molar-refractivity contribution in [1.29, 1.82) is 0 Å². The molecule has 2 aliphatic carbocycles. The van der Waals surface area contributed by atoms with Crippen molar-refractivity contribution in [3.63, 3.8) is 0 Å². The maximum absolute atomic E-state index is 13.9. The van der Waals surface area contributed by atoms with Gasteiger partial charge in [-0.3, -0.25) is 9.59 Å². The van der Waals surface area contributed by atoms with Gasteiger partial charge in [0.25, 0.3) is 0 Å². The van der Waals surface area contributed by atoms with Gasteiger partial charge in [0, 0.05) is 82.0 Å². The van der Waals surface area contributed by atoms with Crippen LogP contribution in [0, 0.1) is 10.8 Å². The summed E-state index contributed by atoms with van der Waals surface area (Å²) in [5.74, 6) is -0.0649. The minimum absolute atomic E-state index is 0.125. The number of fused-ring (bicyclic) bond motifs is 1. The third kappa shape index (κ3) is 4.46. The molecule has 4 nitrogen and oxygen atoms in total. The molecule has 3 aliphatic rings. The van der Waals surface area contributed by atoms with Crippen LogP contribution in [0.5, 0.6) is 0 Å². The van der Waals surface area contributed by atoms with Gasteiger partial charge in [0.2, 0.25) is 0 Å². The van der Waals surface area contributed by atoms with Gasteiger partial charge < -0.3 is 9.47 Å². The zero-order valence-corrected chi connectivity index (χ0v) is 24.7. The van der Waals surface area contributed by atoms with E-state index in [9.17, 15) is 9.59 Å². The van der Waals surface area contributed by atoms with Crippen LogP contribution in [-0.4, -0.2) is 28.1 Å². The average molecular weight is 562 g/mol. The molecule has 0 radical (unpaired) electrons. The average Bonchev–Trinajstić information content (AvgIpc) is 3.19. The van der Waals surface area contributed by atoms with E-state index in [0.717, 1.165) is 57.4 Å². The molecule has 202 valence electrons. The highest BCUT2D eigenvalue weighted by atomic mass is 35.5. The Morgan fingerprint density at radius 1 is 0.846 bits per heavy atom. The molecule has 0 saturated carbocycles. The molecule has 1 aliphatic heterocycles. The highest BCUT2D eigenvalue weighted by Gasteiger charge is 2.48. The Hall–Kier alpha value is -2.82. The maximum Gasteiger partial charge on any atom is 0.162 e. The van der Waals surface area contributed by atoms with Gasteiger partial charge in [0.15, 0.2) is 11.6 Å². The molecule has 0 N–H and O–H groups in total. The monoisotopic (exact) mass is 560 g/mol.